The molecule has 1 aromatic heterocycles. The highest BCUT2D eigenvalue weighted by atomic mass is 15.0. The average molecular weight is 187 g/mol. The third kappa shape index (κ3) is 1.06. The van der Waals surface area contributed by atoms with Crippen LogP contribution in [0.1, 0.15) is 18.5 Å². The van der Waals surface area contributed by atoms with Crippen molar-refractivity contribution in [2.75, 3.05) is 6.54 Å². The van der Waals surface area contributed by atoms with Gasteiger partial charge in [-0.2, -0.15) is 0 Å². The first kappa shape index (κ1) is 8.00. The molecule has 0 bridgehead atoms. The Morgan fingerprint density at radius 2 is 2.36 bits per heavy atom. The summed E-state index contributed by atoms with van der Waals surface area (Å²) in [4.78, 5) is 7.35. The topological polar surface area (TPSA) is 40.7 Å². The zero-order valence-electron chi connectivity index (χ0n) is 8.12. The zero-order valence-corrected chi connectivity index (χ0v) is 8.12. The lowest BCUT2D eigenvalue weighted by molar-refractivity contribution is 0.258. The number of fused-ring (bicyclic) bond motifs is 1. The van der Waals surface area contributed by atoms with E-state index in [9.17, 15) is 0 Å². The van der Waals surface area contributed by atoms with Gasteiger partial charge in [0.25, 0.3) is 0 Å². The van der Waals surface area contributed by atoms with E-state index in [-0.39, 0.29) is 0 Å². The number of hydrogen-bond donors (Lipinski definition) is 2. The highest BCUT2D eigenvalue weighted by Gasteiger charge is 2.27. The van der Waals surface area contributed by atoms with Gasteiger partial charge in [-0.1, -0.05) is 13.0 Å². The monoisotopic (exact) mass is 187 g/mol. The summed E-state index contributed by atoms with van der Waals surface area (Å²) in [6.07, 6.45) is 1.74. The molecule has 14 heavy (non-hydrogen) atoms. The maximum absolute atomic E-state index is 4.21. The molecule has 1 aromatic carbocycles. The number of rotatable bonds is 1. The Morgan fingerprint density at radius 3 is 3.07 bits per heavy atom. The molecule has 1 fully saturated rings. The van der Waals surface area contributed by atoms with Gasteiger partial charge in [-0.3, -0.25) is 0 Å². The van der Waals surface area contributed by atoms with E-state index in [1.165, 1.54) is 5.56 Å². The second-order valence-corrected chi connectivity index (χ2v) is 4.04. The van der Waals surface area contributed by atoms with Gasteiger partial charge in [-0.25, -0.2) is 4.98 Å². The van der Waals surface area contributed by atoms with Crippen LogP contribution in [0.2, 0.25) is 0 Å². The van der Waals surface area contributed by atoms with Crippen molar-refractivity contribution in [1.82, 2.24) is 15.3 Å². The lowest BCUT2D eigenvalue weighted by Gasteiger charge is -2.35. The summed E-state index contributed by atoms with van der Waals surface area (Å²) in [6.45, 7) is 3.41. The van der Waals surface area contributed by atoms with Crippen LogP contribution in [-0.4, -0.2) is 16.5 Å². The van der Waals surface area contributed by atoms with Crippen LogP contribution in [0.4, 0.5) is 0 Å². The van der Waals surface area contributed by atoms with Gasteiger partial charge >= 0.3 is 0 Å². The summed E-state index contributed by atoms with van der Waals surface area (Å²) in [5, 5.41) is 3.43. The molecule has 3 nitrogen and oxygen atoms in total. The molecule has 2 aromatic rings. The van der Waals surface area contributed by atoms with Gasteiger partial charge in [-0.15, -0.1) is 0 Å². The summed E-state index contributed by atoms with van der Waals surface area (Å²) in [5.74, 6) is 0.746. The summed E-state index contributed by atoms with van der Waals surface area (Å²) in [6, 6.07) is 6.96. The maximum Gasteiger partial charge on any atom is 0.0931 e. The van der Waals surface area contributed by atoms with Gasteiger partial charge in [0, 0.05) is 12.6 Å². The van der Waals surface area contributed by atoms with Crippen molar-refractivity contribution in [3.63, 3.8) is 0 Å². The first-order valence-corrected chi connectivity index (χ1v) is 5.01. The van der Waals surface area contributed by atoms with E-state index in [1.54, 1.807) is 6.33 Å². The van der Waals surface area contributed by atoms with E-state index < -0.39 is 0 Å². The van der Waals surface area contributed by atoms with Gasteiger partial charge in [0.2, 0.25) is 0 Å². The molecule has 0 saturated carbocycles. The number of H-pyrrole nitrogens is 1. The van der Waals surface area contributed by atoms with Crippen molar-refractivity contribution in [3.8, 4) is 0 Å². The van der Waals surface area contributed by atoms with Gasteiger partial charge < -0.3 is 10.3 Å². The molecule has 2 heterocycles. The van der Waals surface area contributed by atoms with Crippen LogP contribution >= 0.6 is 0 Å². The van der Waals surface area contributed by atoms with E-state index in [1.807, 2.05) is 0 Å². The van der Waals surface area contributed by atoms with Gasteiger partial charge in [-0.05, 0) is 23.6 Å². The van der Waals surface area contributed by atoms with Crippen LogP contribution in [0, 0.1) is 5.92 Å². The normalized spacial score (nSPS) is 26.4. The van der Waals surface area contributed by atoms with Crippen LogP contribution in [0.25, 0.3) is 11.0 Å². The van der Waals surface area contributed by atoms with Crippen molar-refractivity contribution >= 4 is 11.0 Å². The van der Waals surface area contributed by atoms with E-state index in [2.05, 4.69) is 40.4 Å². The predicted octanol–water partition coefficient (Wildman–Crippen LogP) is 1.84. The Labute approximate surface area is 82.5 Å². The third-order valence-corrected chi connectivity index (χ3v) is 3.03. The molecule has 0 radical (unpaired) electrons. The lowest BCUT2D eigenvalue weighted by atomic mass is 9.87. The fourth-order valence-corrected chi connectivity index (χ4v) is 2.06. The fourth-order valence-electron chi connectivity index (χ4n) is 2.06. The number of hydrogen-bond acceptors (Lipinski definition) is 2. The molecular formula is C11H13N3. The number of aromatic nitrogens is 2. The molecule has 2 atom stereocenters. The Balaban J connectivity index is 2.04. The fraction of sp³-hybridized carbons (Fsp3) is 0.364. The molecule has 1 aliphatic heterocycles. The van der Waals surface area contributed by atoms with Crippen LogP contribution in [-0.2, 0) is 0 Å². The van der Waals surface area contributed by atoms with Crippen molar-refractivity contribution in [1.29, 1.82) is 0 Å². The SMILES string of the molecule is CC1CNC1c1ccc2nc[nH]c2c1. The quantitative estimate of drug-likeness (QED) is 0.715. The summed E-state index contributed by atoms with van der Waals surface area (Å²) >= 11 is 0. The van der Waals surface area contributed by atoms with E-state index in [0.29, 0.717) is 6.04 Å². The van der Waals surface area contributed by atoms with Crippen LogP contribution in [0.5, 0.6) is 0 Å². The van der Waals surface area contributed by atoms with Crippen molar-refractivity contribution in [3.05, 3.63) is 30.1 Å². The van der Waals surface area contributed by atoms with Crippen molar-refractivity contribution in [2.45, 2.75) is 13.0 Å². The number of nitrogens with zero attached hydrogens (tertiary/aromatic N) is 1. The number of aromatic amines is 1. The van der Waals surface area contributed by atoms with Gasteiger partial charge in [0.15, 0.2) is 0 Å². The minimum atomic E-state index is 0.530. The third-order valence-electron chi connectivity index (χ3n) is 3.03. The zero-order chi connectivity index (χ0) is 9.54. The Hall–Kier alpha value is -1.35. The molecule has 0 spiro atoms. The molecule has 3 heteroatoms. The molecule has 2 unspecified atom stereocenters. The molecule has 0 aliphatic carbocycles. The standard InChI is InChI=1S/C11H13N3/c1-7-5-12-11(7)8-2-3-9-10(4-8)14-6-13-9/h2-4,6-7,11-12H,5H2,1H3,(H,13,14). The number of benzene rings is 1. The highest BCUT2D eigenvalue weighted by Crippen LogP contribution is 2.29. The van der Waals surface area contributed by atoms with Crippen LogP contribution < -0.4 is 5.32 Å². The second kappa shape index (κ2) is 2.82. The maximum atomic E-state index is 4.21. The highest BCUT2D eigenvalue weighted by molar-refractivity contribution is 5.75. The molecular weight excluding hydrogens is 174 g/mol. The molecule has 72 valence electrons. The Morgan fingerprint density at radius 1 is 1.43 bits per heavy atom. The largest absolute Gasteiger partial charge is 0.345 e. The molecule has 2 N–H and O–H groups in total. The predicted molar refractivity (Wildman–Crippen MR) is 56.0 cm³/mol. The van der Waals surface area contributed by atoms with E-state index in [4.69, 9.17) is 0 Å². The second-order valence-electron chi connectivity index (χ2n) is 4.04. The van der Waals surface area contributed by atoms with Crippen molar-refractivity contribution < 1.29 is 0 Å². The number of imidazole rings is 1. The summed E-state index contributed by atoms with van der Waals surface area (Å²) in [7, 11) is 0. The summed E-state index contributed by atoms with van der Waals surface area (Å²) < 4.78 is 0. The van der Waals surface area contributed by atoms with E-state index in [0.717, 1.165) is 23.5 Å². The molecule has 1 aliphatic rings. The minimum Gasteiger partial charge on any atom is -0.345 e. The lowest BCUT2D eigenvalue weighted by Crippen LogP contribution is -2.43. The number of nitrogens with one attached hydrogen (secondary N) is 2. The Bertz CT molecular complexity index is 460. The Kier molecular flexibility index (Phi) is 1.61. The van der Waals surface area contributed by atoms with Crippen LogP contribution in [0.3, 0.4) is 0 Å². The average Bonchev–Trinajstić information content (AvgIpc) is 2.62. The molecule has 1 saturated heterocycles. The van der Waals surface area contributed by atoms with Gasteiger partial charge in [0.05, 0.1) is 17.4 Å². The summed E-state index contributed by atoms with van der Waals surface area (Å²) in [5.41, 5.74) is 3.53. The van der Waals surface area contributed by atoms with Gasteiger partial charge in [0.1, 0.15) is 0 Å². The molecule has 3 rings (SSSR count). The minimum absolute atomic E-state index is 0.530. The van der Waals surface area contributed by atoms with E-state index >= 15 is 0 Å². The first-order chi connectivity index (χ1) is 6.84. The molecule has 0 amide bonds. The van der Waals surface area contributed by atoms with Crippen LogP contribution in [0.15, 0.2) is 24.5 Å². The first-order valence-electron chi connectivity index (χ1n) is 5.01. The van der Waals surface area contributed by atoms with Crippen molar-refractivity contribution in [2.24, 2.45) is 5.92 Å². The smallest absolute Gasteiger partial charge is 0.0931 e.